The van der Waals surface area contributed by atoms with Gasteiger partial charge in [0.15, 0.2) is 11.5 Å². The molecule has 1 aliphatic rings. The molecule has 24 heavy (non-hydrogen) atoms. The lowest BCUT2D eigenvalue weighted by Gasteiger charge is -2.04. The van der Waals surface area contributed by atoms with Gasteiger partial charge in [-0.05, 0) is 29.2 Å². The summed E-state index contributed by atoms with van der Waals surface area (Å²) in [5, 5.41) is 23.2. The summed E-state index contributed by atoms with van der Waals surface area (Å²) in [5.74, 6) is 0.385. The minimum Gasteiger partial charge on any atom is -0.454 e. The predicted molar refractivity (Wildman–Crippen MR) is 88.8 cm³/mol. The highest BCUT2D eigenvalue weighted by Crippen LogP contribution is 2.37. The SMILES string of the molecule is N#C/C(=C\c1cc2c(cc1Cl)OCO2)C(=O)Nc1sccc1C#N. The van der Waals surface area contributed by atoms with Gasteiger partial charge in [0.1, 0.15) is 22.7 Å². The summed E-state index contributed by atoms with van der Waals surface area (Å²) in [4.78, 5) is 12.3. The van der Waals surface area contributed by atoms with Crippen molar-refractivity contribution in [1.82, 2.24) is 0 Å². The van der Waals surface area contributed by atoms with Crippen molar-refractivity contribution in [2.75, 3.05) is 12.1 Å². The third kappa shape index (κ3) is 3.04. The third-order valence-electron chi connectivity index (χ3n) is 3.17. The summed E-state index contributed by atoms with van der Waals surface area (Å²) in [5.41, 5.74) is 0.652. The molecule has 0 saturated heterocycles. The molecule has 0 aliphatic carbocycles. The van der Waals surface area contributed by atoms with Crippen LogP contribution in [0.2, 0.25) is 5.02 Å². The molecule has 0 fully saturated rings. The summed E-state index contributed by atoms with van der Waals surface area (Å²) in [6, 6.07) is 8.55. The fraction of sp³-hybridized carbons (Fsp3) is 0.0625. The molecule has 0 saturated carbocycles. The number of anilines is 1. The number of halogens is 1. The topological polar surface area (TPSA) is 95.1 Å². The first kappa shape index (κ1) is 15.9. The normalized spacial score (nSPS) is 12.4. The fourth-order valence-corrected chi connectivity index (χ4v) is 2.95. The summed E-state index contributed by atoms with van der Waals surface area (Å²) in [6.45, 7) is 0.0970. The molecule has 1 aliphatic heterocycles. The van der Waals surface area contributed by atoms with E-state index in [1.54, 1.807) is 23.6 Å². The van der Waals surface area contributed by atoms with Crippen LogP contribution in [-0.4, -0.2) is 12.7 Å². The van der Waals surface area contributed by atoms with Gasteiger partial charge in [-0.2, -0.15) is 10.5 Å². The average molecular weight is 358 g/mol. The summed E-state index contributed by atoms with van der Waals surface area (Å²) in [6.07, 6.45) is 1.36. The molecular weight excluding hydrogens is 350 g/mol. The Hall–Kier alpha value is -3.00. The van der Waals surface area contributed by atoms with Gasteiger partial charge >= 0.3 is 0 Å². The number of amides is 1. The van der Waals surface area contributed by atoms with Crippen molar-refractivity contribution in [2.24, 2.45) is 0 Å². The fourth-order valence-electron chi connectivity index (χ4n) is 2.01. The Morgan fingerprint density at radius 2 is 2.08 bits per heavy atom. The maximum atomic E-state index is 12.3. The Morgan fingerprint density at radius 3 is 2.79 bits per heavy atom. The van der Waals surface area contributed by atoms with Crippen LogP contribution >= 0.6 is 22.9 Å². The van der Waals surface area contributed by atoms with E-state index in [4.69, 9.17) is 26.3 Å². The molecule has 0 bridgehead atoms. The second-order valence-electron chi connectivity index (χ2n) is 4.63. The lowest BCUT2D eigenvalue weighted by molar-refractivity contribution is -0.112. The van der Waals surface area contributed by atoms with Crippen molar-refractivity contribution in [3.05, 3.63) is 45.3 Å². The minimum absolute atomic E-state index is 0.0970. The van der Waals surface area contributed by atoms with E-state index in [9.17, 15) is 10.1 Å². The number of benzene rings is 1. The van der Waals surface area contributed by atoms with Crippen LogP contribution in [0.5, 0.6) is 11.5 Å². The number of nitrogens with zero attached hydrogens (tertiary/aromatic N) is 2. The maximum Gasteiger partial charge on any atom is 0.266 e. The van der Waals surface area contributed by atoms with E-state index in [2.05, 4.69) is 5.32 Å². The van der Waals surface area contributed by atoms with Gasteiger partial charge in [0.05, 0.1) is 10.6 Å². The first-order valence-corrected chi connectivity index (χ1v) is 7.88. The van der Waals surface area contributed by atoms with E-state index < -0.39 is 5.91 Å². The Bertz CT molecular complexity index is 937. The largest absolute Gasteiger partial charge is 0.454 e. The van der Waals surface area contributed by atoms with Gasteiger partial charge in [-0.3, -0.25) is 4.79 Å². The number of ether oxygens (including phenoxy) is 2. The van der Waals surface area contributed by atoms with Crippen molar-refractivity contribution in [3.63, 3.8) is 0 Å². The van der Waals surface area contributed by atoms with E-state index in [-0.39, 0.29) is 12.4 Å². The molecule has 3 rings (SSSR count). The molecule has 0 spiro atoms. The molecule has 8 heteroatoms. The van der Waals surface area contributed by atoms with Gasteiger partial charge in [0.25, 0.3) is 5.91 Å². The van der Waals surface area contributed by atoms with Gasteiger partial charge in [0.2, 0.25) is 6.79 Å². The highest BCUT2D eigenvalue weighted by atomic mass is 35.5. The van der Waals surface area contributed by atoms with E-state index in [1.807, 2.05) is 12.1 Å². The Balaban J connectivity index is 1.89. The number of carbonyl (C=O) groups excluding carboxylic acids is 1. The van der Waals surface area contributed by atoms with Crippen molar-refractivity contribution < 1.29 is 14.3 Å². The van der Waals surface area contributed by atoms with Crippen molar-refractivity contribution in [3.8, 4) is 23.6 Å². The van der Waals surface area contributed by atoms with Crippen LogP contribution in [0.1, 0.15) is 11.1 Å². The summed E-state index contributed by atoms with van der Waals surface area (Å²) < 4.78 is 10.5. The second kappa shape index (κ2) is 6.63. The van der Waals surface area contributed by atoms with Crippen LogP contribution in [0.4, 0.5) is 5.00 Å². The van der Waals surface area contributed by atoms with Crippen molar-refractivity contribution in [2.45, 2.75) is 0 Å². The van der Waals surface area contributed by atoms with Crippen LogP contribution in [0.25, 0.3) is 6.08 Å². The number of nitrogens with one attached hydrogen (secondary N) is 1. The van der Waals surface area contributed by atoms with Crippen LogP contribution in [0, 0.1) is 22.7 Å². The van der Waals surface area contributed by atoms with Crippen LogP contribution in [0.15, 0.2) is 29.2 Å². The van der Waals surface area contributed by atoms with Crippen molar-refractivity contribution >= 4 is 39.9 Å². The van der Waals surface area contributed by atoms with Gasteiger partial charge < -0.3 is 14.8 Å². The van der Waals surface area contributed by atoms with Crippen molar-refractivity contribution in [1.29, 1.82) is 10.5 Å². The first-order valence-electron chi connectivity index (χ1n) is 6.62. The molecular formula is C16H8ClN3O3S. The molecule has 6 nitrogen and oxygen atoms in total. The zero-order chi connectivity index (χ0) is 17.1. The lowest BCUT2D eigenvalue weighted by atomic mass is 10.1. The number of carbonyl (C=O) groups is 1. The van der Waals surface area contributed by atoms with Crippen LogP contribution in [-0.2, 0) is 4.79 Å². The third-order valence-corrected chi connectivity index (χ3v) is 4.33. The number of fused-ring (bicyclic) bond motifs is 1. The van der Waals surface area contributed by atoms with Gasteiger partial charge in [0, 0.05) is 6.07 Å². The number of thiophene rings is 1. The van der Waals surface area contributed by atoms with E-state index in [0.717, 1.165) is 0 Å². The van der Waals surface area contributed by atoms with E-state index in [1.165, 1.54) is 17.4 Å². The monoisotopic (exact) mass is 357 g/mol. The highest BCUT2D eigenvalue weighted by Gasteiger charge is 2.18. The minimum atomic E-state index is -0.620. The smallest absolute Gasteiger partial charge is 0.266 e. The number of hydrogen-bond donors (Lipinski definition) is 1. The molecule has 1 aromatic carbocycles. The van der Waals surface area contributed by atoms with E-state index >= 15 is 0 Å². The number of rotatable bonds is 3. The molecule has 118 valence electrons. The summed E-state index contributed by atoms with van der Waals surface area (Å²) in [7, 11) is 0. The molecule has 2 heterocycles. The Kier molecular flexibility index (Phi) is 4.39. The van der Waals surface area contributed by atoms with Crippen LogP contribution in [0.3, 0.4) is 0 Å². The number of nitriles is 2. The Morgan fingerprint density at radius 1 is 1.33 bits per heavy atom. The number of hydrogen-bond acceptors (Lipinski definition) is 6. The molecule has 2 aromatic rings. The second-order valence-corrected chi connectivity index (χ2v) is 5.95. The van der Waals surface area contributed by atoms with Gasteiger partial charge in [-0.25, -0.2) is 0 Å². The molecule has 0 unspecified atom stereocenters. The predicted octanol–water partition coefficient (Wildman–Crippen LogP) is 3.55. The standard InChI is InChI=1S/C16H8ClN3O3S/c17-12-5-14-13(22-8-23-14)4-10(12)3-11(7-19)15(21)20-16-9(6-18)1-2-24-16/h1-5H,8H2,(H,20,21)/b11-3+. The maximum absolute atomic E-state index is 12.3. The summed E-state index contributed by atoms with van der Waals surface area (Å²) >= 11 is 7.34. The average Bonchev–Trinajstić information content (AvgIpc) is 3.20. The highest BCUT2D eigenvalue weighted by molar-refractivity contribution is 7.14. The zero-order valence-electron chi connectivity index (χ0n) is 12.0. The molecule has 0 radical (unpaired) electrons. The molecule has 1 amide bonds. The molecule has 0 atom stereocenters. The molecule has 1 N–H and O–H groups in total. The van der Waals surface area contributed by atoms with Gasteiger partial charge in [-0.15, -0.1) is 11.3 Å². The zero-order valence-corrected chi connectivity index (χ0v) is 13.6. The quantitative estimate of drug-likeness (QED) is 0.669. The van der Waals surface area contributed by atoms with E-state index in [0.29, 0.717) is 32.6 Å². The lowest BCUT2D eigenvalue weighted by Crippen LogP contribution is -2.13. The molecule has 1 aromatic heterocycles. The van der Waals surface area contributed by atoms with Crippen LogP contribution < -0.4 is 14.8 Å². The van der Waals surface area contributed by atoms with Gasteiger partial charge in [-0.1, -0.05) is 11.6 Å². The first-order chi connectivity index (χ1) is 11.6. The Labute approximate surface area is 146 Å².